The topological polar surface area (TPSA) is 136 Å². The Morgan fingerprint density at radius 3 is 2.31 bits per heavy atom. The molecule has 326 valence electrons. The minimum Gasteiger partial charge on any atom is -0.496 e. The van der Waals surface area contributed by atoms with Crippen molar-refractivity contribution in [1.29, 1.82) is 0 Å². The number of piperidine rings is 2. The molecule has 1 N–H and O–H groups in total. The Bertz CT molecular complexity index is 2480. The quantitative estimate of drug-likeness (QED) is 0.127. The number of rotatable bonds is 11. The Hall–Kier alpha value is -5.69. The van der Waals surface area contributed by atoms with Gasteiger partial charge in [-0.05, 0) is 130 Å². The van der Waals surface area contributed by atoms with Crippen molar-refractivity contribution in [3.05, 3.63) is 87.5 Å². The molecule has 2 aliphatic carbocycles. The van der Waals surface area contributed by atoms with E-state index < -0.39 is 11.9 Å². The number of benzene rings is 2. The molecule has 4 fully saturated rings. The molecule has 2 saturated carbocycles. The van der Waals surface area contributed by atoms with Gasteiger partial charge in [-0.2, -0.15) is 0 Å². The van der Waals surface area contributed by atoms with Crippen LogP contribution in [0.15, 0.2) is 65.2 Å². The zero-order valence-corrected chi connectivity index (χ0v) is 36.6. The van der Waals surface area contributed by atoms with Gasteiger partial charge in [-0.3, -0.25) is 29.4 Å². The Morgan fingerprint density at radius 2 is 1.63 bits per heavy atom. The van der Waals surface area contributed by atoms with Crippen LogP contribution in [0.25, 0.3) is 21.9 Å². The SMILES string of the molecule is COc1cc(-c2cn(C)c(=O)c3cnc(N(C)C)cc23)cc(OC)c1CN1CCC(CC=C2CCC3(CC2)CC(Oc2ccc4c(c2)C(=O)N(C2CCC(=O)NC2=O)C4)C3)CC1. The maximum atomic E-state index is 13.3. The van der Waals surface area contributed by atoms with Gasteiger partial charge in [-0.1, -0.05) is 17.7 Å². The Kier molecular flexibility index (Phi) is 11.3. The summed E-state index contributed by atoms with van der Waals surface area (Å²) in [4.78, 5) is 60.9. The fraction of sp³-hybridized carbons (Fsp3) is 0.490. The smallest absolute Gasteiger partial charge is 0.259 e. The summed E-state index contributed by atoms with van der Waals surface area (Å²) in [6.07, 6.45) is 17.1. The maximum Gasteiger partial charge on any atom is 0.259 e. The number of aryl methyl sites for hydroxylation is 1. The van der Waals surface area contributed by atoms with Crippen molar-refractivity contribution in [3.8, 4) is 28.4 Å². The van der Waals surface area contributed by atoms with Crippen LogP contribution in [0.5, 0.6) is 17.2 Å². The van der Waals surface area contributed by atoms with Crippen molar-refractivity contribution in [2.45, 2.75) is 95.9 Å². The predicted molar refractivity (Wildman–Crippen MR) is 238 cm³/mol. The van der Waals surface area contributed by atoms with E-state index in [9.17, 15) is 19.2 Å². The average Bonchev–Trinajstić information content (AvgIpc) is 3.58. The number of hydrogen-bond donors (Lipinski definition) is 1. The van der Waals surface area contributed by atoms with Crippen molar-refractivity contribution < 1.29 is 28.6 Å². The van der Waals surface area contributed by atoms with Crippen molar-refractivity contribution in [3.63, 3.8) is 0 Å². The molecular weight excluding hydrogens is 785 g/mol. The van der Waals surface area contributed by atoms with Crippen LogP contribution in [0.4, 0.5) is 5.82 Å². The van der Waals surface area contributed by atoms with Gasteiger partial charge in [0.1, 0.15) is 29.1 Å². The number of aromatic nitrogens is 2. The number of anilines is 1. The molecule has 1 unspecified atom stereocenters. The summed E-state index contributed by atoms with van der Waals surface area (Å²) in [5, 5.41) is 3.78. The van der Waals surface area contributed by atoms with E-state index in [4.69, 9.17) is 14.2 Å². The number of fused-ring (bicyclic) bond motifs is 2. The number of nitrogens with one attached hydrogen (secondary N) is 1. The number of ether oxygens (including phenoxy) is 3. The molecule has 13 nitrogen and oxygen atoms in total. The van der Waals surface area contributed by atoms with Crippen molar-refractivity contribution >= 4 is 34.3 Å². The van der Waals surface area contributed by atoms with E-state index in [0.717, 1.165) is 110 Å². The van der Waals surface area contributed by atoms with Crippen LogP contribution in [0, 0.1) is 11.3 Å². The highest BCUT2D eigenvalue weighted by Gasteiger charge is 2.47. The van der Waals surface area contributed by atoms with E-state index in [0.29, 0.717) is 41.0 Å². The average molecular weight is 843 g/mol. The minimum atomic E-state index is -0.613. The normalized spacial score (nSPS) is 23.0. The first-order valence-corrected chi connectivity index (χ1v) is 22.2. The number of pyridine rings is 2. The zero-order chi connectivity index (χ0) is 43.3. The number of imide groups is 1. The number of hydrogen-bond acceptors (Lipinski definition) is 10. The lowest BCUT2D eigenvalue weighted by Gasteiger charge is -2.50. The predicted octanol–water partition coefficient (Wildman–Crippen LogP) is 6.78. The molecular formula is C49H58N6O7. The van der Waals surface area contributed by atoms with Gasteiger partial charge in [0.2, 0.25) is 11.8 Å². The molecule has 0 radical (unpaired) electrons. The molecule has 2 saturated heterocycles. The van der Waals surface area contributed by atoms with Crippen LogP contribution in [0.3, 0.4) is 0 Å². The summed E-state index contributed by atoms with van der Waals surface area (Å²) < 4.78 is 20.0. The molecule has 2 aromatic carbocycles. The minimum absolute atomic E-state index is 0.0864. The van der Waals surface area contributed by atoms with E-state index in [-0.39, 0.29) is 29.9 Å². The molecule has 0 bridgehead atoms. The van der Waals surface area contributed by atoms with E-state index in [1.165, 1.54) is 12.8 Å². The monoisotopic (exact) mass is 842 g/mol. The van der Waals surface area contributed by atoms with Gasteiger partial charge in [-0.25, -0.2) is 4.98 Å². The maximum absolute atomic E-state index is 13.3. The van der Waals surface area contributed by atoms with Gasteiger partial charge in [0.15, 0.2) is 0 Å². The third-order valence-corrected chi connectivity index (χ3v) is 14.3. The fourth-order valence-corrected chi connectivity index (χ4v) is 10.6. The zero-order valence-electron chi connectivity index (χ0n) is 36.6. The van der Waals surface area contributed by atoms with Gasteiger partial charge in [0.25, 0.3) is 11.5 Å². The largest absolute Gasteiger partial charge is 0.496 e. The molecule has 5 heterocycles. The number of allylic oxidation sites excluding steroid dienone is 2. The number of carbonyl (C=O) groups excluding carboxylic acids is 3. The first-order chi connectivity index (χ1) is 29.9. The number of likely N-dealkylation sites (tertiary alicyclic amines) is 1. The number of amides is 3. The van der Waals surface area contributed by atoms with Crippen molar-refractivity contribution in [2.24, 2.45) is 18.4 Å². The van der Waals surface area contributed by atoms with E-state index in [1.54, 1.807) is 42.5 Å². The Balaban J connectivity index is 0.755. The van der Waals surface area contributed by atoms with Gasteiger partial charge in [0.05, 0.1) is 31.3 Å². The lowest BCUT2D eigenvalue weighted by atomic mass is 9.58. The van der Waals surface area contributed by atoms with E-state index in [2.05, 4.69) is 33.4 Å². The Morgan fingerprint density at radius 1 is 0.903 bits per heavy atom. The molecule has 13 heteroatoms. The molecule has 3 amide bonds. The molecule has 5 aliphatic rings. The molecule has 9 rings (SSSR count). The summed E-state index contributed by atoms with van der Waals surface area (Å²) in [5.74, 6) is 2.87. The molecule has 3 aliphatic heterocycles. The summed E-state index contributed by atoms with van der Waals surface area (Å²) in [5.41, 5.74) is 6.22. The number of nitrogens with zero attached hydrogens (tertiary/aromatic N) is 5. The van der Waals surface area contributed by atoms with Gasteiger partial charge < -0.3 is 28.6 Å². The number of carbonyl (C=O) groups is 3. The first kappa shape index (κ1) is 41.7. The van der Waals surface area contributed by atoms with Crippen LogP contribution < -0.4 is 30.0 Å². The molecule has 62 heavy (non-hydrogen) atoms. The second-order valence-electron chi connectivity index (χ2n) is 18.5. The van der Waals surface area contributed by atoms with E-state index >= 15 is 0 Å². The van der Waals surface area contributed by atoms with Crippen LogP contribution in [0.1, 0.15) is 92.1 Å². The highest BCUT2D eigenvalue weighted by molar-refractivity contribution is 6.05. The highest BCUT2D eigenvalue weighted by atomic mass is 16.5. The third-order valence-electron chi connectivity index (χ3n) is 14.3. The molecule has 4 aromatic rings. The number of methoxy groups -OCH3 is 2. The second kappa shape index (κ2) is 16.9. The van der Waals surface area contributed by atoms with Crippen molar-refractivity contribution in [2.75, 3.05) is 46.3 Å². The summed E-state index contributed by atoms with van der Waals surface area (Å²) in [7, 11) is 9.07. The molecule has 2 aromatic heterocycles. The molecule has 1 spiro atoms. The summed E-state index contributed by atoms with van der Waals surface area (Å²) in [6.45, 7) is 3.16. The van der Waals surface area contributed by atoms with Crippen LogP contribution in [0.2, 0.25) is 0 Å². The Labute approximate surface area is 363 Å². The van der Waals surface area contributed by atoms with Crippen LogP contribution >= 0.6 is 0 Å². The lowest BCUT2D eigenvalue weighted by Crippen LogP contribution is -2.52. The summed E-state index contributed by atoms with van der Waals surface area (Å²) >= 11 is 0. The highest BCUT2D eigenvalue weighted by Crippen LogP contribution is 2.54. The van der Waals surface area contributed by atoms with Gasteiger partial charge >= 0.3 is 0 Å². The van der Waals surface area contributed by atoms with Gasteiger partial charge in [0, 0.05) is 69.6 Å². The van der Waals surface area contributed by atoms with E-state index in [1.807, 2.05) is 49.5 Å². The first-order valence-electron chi connectivity index (χ1n) is 22.2. The molecule has 1 atom stereocenters. The fourth-order valence-electron chi connectivity index (χ4n) is 10.6. The van der Waals surface area contributed by atoms with Crippen molar-refractivity contribution in [1.82, 2.24) is 24.7 Å². The van der Waals surface area contributed by atoms with Crippen LogP contribution in [-0.2, 0) is 29.7 Å². The standard InChI is InChI=1S/C49H58N6O7/c1-52(2)44-23-37-38(26-50-44)47(58)53(3)28-39(37)33-20-42(60-4)40(43(21-33)61-5)29-54-18-14-31(15-19-54)7-6-30-12-16-49(17-13-30)24-35(25-49)62-34-9-8-32-27-55(48(59)36(32)22-34)41-10-11-45(56)51-46(41)57/h6,8-9,20-23,26,28,31,35,41H,7,10-19,24-25,27,29H2,1-5H3,(H,51,56,57). The second-order valence-corrected chi connectivity index (χ2v) is 18.5. The van der Waals surface area contributed by atoms with Crippen LogP contribution in [-0.4, -0.2) is 90.6 Å². The van der Waals surface area contributed by atoms with Gasteiger partial charge in [-0.15, -0.1) is 0 Å². The third kappa shape index (κ3) is 8.07. The summed E-state index contributed by atoms with van der Waals surface area (Å²) in [6, 6.07) is 11.2. The lowest BCUT2D eigenvalue weighted by molar-refractivity contribution is -0.136.